The predicted molar refractivity (Wildman–Crippen MR) is 127 cm³/mol. The summed E-state index contributed by atoms with van der Waals surface area (Å²) in [6.45, 7) is 4.64. The summed E-state index contributed by atoms with van der Waals surface area (Å²) in [5, 5.41) is 1.55. The highest BCUT2D eigenvalue weighted by Gasteiger charge is 2.31. The van der Waals surface area contributed by atoms with Crippen LogP contribution in [0.3, 0.4) is 0 Å². The van der Waals surface area contributed by atoms with Gasteiger partial charge in [0.2, 0.25) is 10.0 Å². The fraction of sp³-hybridized carbons (Fsp3) is 0.455. The fourth-order valence-electron chi connectivity index (χ4n) is 3.87. The maximum absolute atomic E-state index is 12.0. The van der Waals surface area contributed by atoms with E-state index >= 15 is 0 Å². The number of nitrogens with zero attached hydrogens (tertiary/aromatic N) is 1. The Labute approximate surface area is 194 Å². The van der Waals surface area contributed by atoms with E-state index in [2.05, 4.69) is 9.62 Å². The number of rotatable bonds is 7. The second-order valence-electron chi connectivity index (χ2n) is 8.03. The topological polar surface area (TPSA) is 49.4 Å². The normalized spacial score (nSPS) is 20.0. The molecule has 164 valence electrons. The first-order chi connectivity index (χ1) is 14.2. The van der Waals surface area contributed by atoms with E-state index < -0.39 is 15.3 Å². The van der Waals surface area contributed by atoms with Gasteiger partial charge in [0, 0.05) is 33.8 Å². The van der Waals surface area contributed by atoms with Gasteiger partial charge in [0.25, 0.3) is 0 Å². The summed E-state index contributed by atoms with van der Waals surface area (Å²) in [6.07, 6.45) is 2.71. The predicted octanol–water partition coefficient (Wildman–Crippen LogP) is 6.32. The minimum Gasteiger partial charge on any atom is -0.364 e. The zero-order valence-electron chi connectivity index (χ0n) is 17.1. The summed E-state index contributed by atoms with van der Waals surface area (Å²) in [7, 11) is -3.24. The summed E-state index contributed by atoms with van der Waals surface area (Å²) in [4.78, 5) is 2.34. The molecular formula is C22H27Cl3N2O2S. The number of halogens is 3. The zero-order valence-corrected chi connectivity index (χ0v) is 20.2. The molecule has 0 aromatic heterocycles. The van der Waals surface area contributed by atoms with Gasteiger partial charge >= 0.3 is 0 Å². The molecule has 0 saturated carbocycles. The Kier molecular flexibility index (Phi) is 7.97. The van der Waals surface area contributed by atoms with Gasteiger partial charge in [-0.15, -0.1) is 0 Å². The van der Waals surface area contributed by atoms with Gasteiger partial charge in [-0.3, -0.25) is 0 Å². The average Bonchev–Trinajstić information content (AvgIpc) is 2.69. The van der Waals surface area contributed by atoms with Gasteiger partial charge in [0.15, 0.2) is 0 Å². The molecule has 1 heterocycles. The highest BCUT2D eigenvalue weighted by Crippen LogP contribution is 2.41. The van der Waals surface area contributed by atoms with E-state index in [0.29, 0.717) is 27.5 Å². The molecule has 30 heavy (non-hydrogen) atoms. The van der Waals surface area contributed by atoms with Crippen LogP contribution in [0, 0.1) is 5.92 Å². The van der Waals surface area contributed by atoms with Gasteiger partial charge in [0.05, 0.1) is 11.3 Å². The van der Waals surface area contributed by atoms with E-state index in [1.165, 1.54) is 0 Å². The molecule has 2 aromatic rings. The van der Waals surface area contributed by atoms with Crippen LogP contribution in [-0.4, -0.2) is 26.8 Å². The first-order valence-electron chi connectivity index (χ1n) is 10.1. The molecule has 4 nitrogen and oxygen atoms in total. The average molecular weight is 490 g/mol. The molecule has 1 aliphatic rings. The molecule has 0 spiro atoms. The fourth-order valence-corrected chi connectivity index (χ4v) is 5.26. The maximum atomic E-state index is 12.0. The molecule has 3 rings (SSSR count). The molecule has 8 heteroatoms. The molecule has 0 aliphatic carbocycles. The van der Waals surface area contributed by atoms with Crippen LogP contribution in [0.15, 0.2) is 42.5 Å². The van der Waals surface area contributed by atoms with Crippen LogP contribution in [0.4, 0.5) is 5.69 Å². The van der Waals surface area contributed by atoms with Crippen LogP contribution in [0.25, 0.3) is 0 Å². The highest BCUT2D eigenvalue weighted by atomic mass is 35.5. The number of benzene rings is 2. The first kappa shape index (κ1) is 23.7. The first-order valence-corrected chi connectivity index (χ1v) is 12.8. The monoisotopic (exact) mass is 488 g/mol. The van der Waals surface area contributed by atoms with E-state index in [1.54, 1.807) is 19.9 Å². The lowest BCUT2D eigenvalue weighted by Gasteiger charge is -2.42. The van der Waals surface area contributed by atoms with Crippen molar-refractivity contribution in [2.45, 2.75) is 44.4 Å². The van der Waals surface area contributed by atoms with Crippen molar-refractivity contribution < 1.29 is 8.42 Å². The number of piperidine rings is 1. The lowest BCUT2D eigenvalue weighted by atomic mass is 9.86. The summed E-state index contributed by atoms with van der Waals surface area (Å²) < 4.78 is 26.8. The van der Waals surface area contributed by atoms with Gasteiger partial charge in [-0.05, 0) is 81.0 Å². The molecule has 1 N–H and O–H groups in total. The Morgan fingerprint density at radius 2 is 1.70 bits per heavy atom. The Morgan fingerprint density at radius 1 is 1.03 bits per heavy atom. The smallest absolute Gasteiger partial charge is 0.213 e. The number of hydrogen-bond donors (Lipinski definition) is 1. The lowest BCUT2D eigenvalue weighted by Crippen LogP contribution is -2.40. The molecule has 2 aromatic carbocycles. The number of anilines is 1. The van der Waals surface area contributed by atoms with E-state index in [4.69, 9.17) is 34.8 Å². The lowest BCUT2D eigenvalue weighted by molar-refractivity contribution is 0.343. The Hall–Kier alpha value is -0.980. The second kappa shape index (κ2) is 10.1. The third-order valence-corrected chi connectivity index (χ3v) is 8.30. The van der Waals surface area contributed by atoms with Crippen LogP contribution in [0.2, 0.25) is 15.1 Å². The quantitative estimate of drug-likeness (QED) is 0.495. The molecule has 0 radical (unpaired) electrons. The minimum atomic E-state index is -3.24. The molecule has 1 saturated heterocycles. The molecule has 0 bridgehead atoms. The van der Waals surface area contributed by atoms with Gasteiger partial charge in [-0.1, -0.05) is 40.9 Å². The molecule has 0 amide bonds. The van der Waals surface area contributed by atoms with Crippen molar-refractivity contribution in [2.24, 2.45) is 5.92 Å². The minimum absolute atomic E-state index is 0.125. The summed E-state index contributed by atoms with van der Waals surface area (Å²) in [5.74, 6) is 0.373. The second-order valence-corrected chi connectivity index (χ2v) is 11.6. The van der Waals surface area contributed by atoms with Crippen molar-refractivity contribution in [1.82, 2.24) is 4.72 Å². The molecule has 2 atom stereocenters. The number of sulfonamides is 1. The van der Waals surface area contributed by atoms with E-state index in [1.807, 2.05) is 36.4 Å². The highest BCUT2D eigenvalue weighted by molar-refractivity contribution is 7.90. The number of nitrogens with one attached hydrogen (secondary N) is 1. The molecular weight excluding hydrogens is 463 g/mol. The standard InChI is InChI=1S/C22H27Cl3N2O2S/c1-15(2)30(28,29)26-12-11-16-3-10-22(20-9-6-18(24)13-21(20)25)27(14-16)19-7-4-17(23)5-8-19/h4-9,13,15-16,22,26H,3,10-12,14H2,1-2H3/t16-,22-/m0/s1. The summed E-state index contributed by atoms with van der Waals surface area (Å²) in [6, 6.07) is 13.6. The molecule has 1 fully saturated rings. The van der Waals surface area contributed by atoms with E-state index in [9.17, 15) is 8.42 Å². The van der Waals surface area contributed by atoms with Crippen molar-refractivity contribution in [3.63, 3.8) is 0 Å². The summed E-state index contributed by atoms with van der Waals surface area (Å²) >= 11 is 18.7. The van der Waals surface area contributed by atoms with E-state index in [-0.39, 0.29) is 6.04 Å². The Morgan fingerprint density at radius 3 is 2.33 bits per heavy atom. The van der Waals surface area contributed by atoms with Crippen molar-refractivity contribution >= 4 is 50.5 Å². The van der Waals surface area contributed by atoms with Gasteiger partial charge in [0.1, 0.15) is 0 Å². The molecule has 1 aliphatic heterocycles. The van der Waals surface area contributed by atoms with Crippen molar-refractivity contribution in [2.75, 3.05) is 18.0 Å². The van der Waals surface area contributed by atoms with Crippen molar-refractivity contribution in [1.29, 1.82) is 0 Å². The van der Waals surface area contributed by atoms with Gasteiger partial charge in [-0.2, -0.15) is 0 Å². The third kappa shape index (κ3) is 5.83. The Bertz CT molecular complexity index is 965. The van der Waals surface area contributed by atoms with Crippen LogP contribution in [0.5, 0.6) is 0 Å². The largest absolute Gasteiger partial charge is 0.364 e. The molecule has 0 unspecified atom stereocenters. The van der Waals surface area contributed by atoms with Crippen LogP contribution >= 0.6 is 34.8 Å². The maximum Gasteiger partial charge on any atom is 0.213 e. The van der Waals surface area contributed by atoms with Gasteiger partial charge < -0.3 is 4.90 Å². The third-order valence-electron chi connectivity index (χ3n) is 5.64. The van der Waals surface area contributed by atoms with Crippen LogP contribution in [0.1, 0.15) is 44.7 Å². The van der Waals surface area contributed by atoms with Crippen molar-refractivity contribution in [3.8, 4) is 0 Å². The van der Waals surface area contributed by atoms with E-state index in [0.717, 1.165) is 37.1 Å². The SMILES string of the molecule is CC(C)S(=O)(=O)NCC[C@@H]1CC[C@@H](c2ccc(Cl)cc2Cl)N(c2ccc(Cl)cc2)C1. The Balaban J connectivity index is 1.78. The zero-order chi connectivity index (χ0) is 21.9. The van der Waals surface area contributed by atoms with Gasteiger partial charge in [-0.25, -0.2) is 13.1 Å². The van der Waals surface area contributed by atoms with Crippen LogP contribution < -0.4 is 9.62 Å². The number of hydrogen-bond acceptors (Lipinski definition) is 3. The van der Waals surface area contributed by atoms with Crippen molar-refractivity contribution in [3.05, 3.63) is 63.1 Å². The summed E-state index contributed by atoms with van der Waals surface area (Å²) in [5.41, 5.74) is 2.12. The van der Waals surface area contributed by atoms with Crippen LogP contribution in [-0.2, 0) is 10.0 Å².